The van der Waals surface area contributed by atoms with Crippen LogP contribution in [0.25, 0.3) is 11.3 Å². The first kappa shape index (κ1) is 14.5. The van der Waals surface area contributed by atoms with E-state index in [4.69, 9.17) is 9.47 Å². The molecule has 0 bridgehead atoms. The monoisotopic (exact) mass is 296 g/mol. The first-order valence-electron chi connectivity index (χ1n) is 7.40. The molecule has 0 spiro atoms. The summed E-state index contributed by atoms with van der Waals surface area (Å²) in [5.74, 6) is 1.43. The van der Waals surface area contributed by atoms with Crippen molar-refractivity contribution in [2.45, 2.75) is 33.2 Å². The second kappa shape index (κ2) is 5.10. The van der Waals surface area contributed by atoms with Gasteiger partial charge in [-0.2, -0.15) is 5.26 Å². The van der Waals surface area contributed by atoms with Crippen LogP contribution < -0.4 is 9.47 Å². The molecule has 114 valence electrons. The van der Waals surface area contributed by atoms with Crippen molar-refractivity contribution in [2.24, 2.45) is 0 Å². The van der Waals surface area contributed by atoms with Crippen molar-refractivity contribution < 1.29 is 9.47 Å². The lowest BCUT2D eigenvalue weighted by molar-refractivity contribution is 0.354. The fourth-order valence-electron chi connectivity index (χ4n) is 3.50. The van der Waals surface area contributed by atoms with E-state index in [0.29, 0.717) is 11.8 Å². The number of nitrogens with zero attached hydrogens (tertiary/aromatic N) is 2. The molecular weight excluding hydrogens is 276 g/mol. The van der Waals surface area contributed by atoms with Gasteiger partial charge in [0.05, 0.1) is 25.5 Å². The Bertz CT molecular complexity index is 797. The molecule has 3 rings (SSSR count). The Labute approximate surface area is 130 Å². The topological polar surface area (TPSA) is 47.2 Å². The highest BCUT2D eigenvalue weighted by Gasteiger charge is 2.29. The summed E-state index contributed by atoms with van der Waals surface area (Å²) in [5, 5.41) is 9.61. The minimum atomic E-state index is 0.321. The minimum Gasteiger partial charge on any atom is -0.493 e. The van der Waals surface area contributed by atoms with E-state index in [0.717, 1.165) is 34.6 Å². The van der Waals surface area contributed by atoms with Crippen LogP contribution in [0.4, 0.5) is 0 Å². The Morgan fingerprint density at radius 2 is 1.82 bits per heavy atom. The number of hydrogen-bond acceptors (Lipinski definition) is 3. The summed E-state index contributed by atoms with van der Waals surface area (Å²) in [6.45, 7) is 6.30. The standard InChI is InChI=1S/C18H20N2O2/c1-10-6-13-7-16(21-4)17(22-5)8-14(13)18-15(9-19)11(2)12(3)20(10)18/h7-8,10H,6H2,1-5H3. The molecule has 0 fully saturated rings. The van der Waals surface area contributed by atoms with Crippen LogP contribution in [0.5, 0.6) is 11.5 Å². The summed E-state index contributed by atoms with van der Waals surface area (Å²) in [6, 6.07) is 6.73. The summed E-state index contributed by atoms with van der Waals surface area (Å²) in [6.07, 6.45) is 0.919. The van der Waals surface area contributed by atoms with E-state index in [1.807, 2.05) is 19.1 Å². The molecular formula is C18H20N2O2. The smallest absolute Gasteiger partial charge is 0.161 e. The van der Waals surface area contributed by atoms with Crippen LogP contribution in [0.1, 0.15) is 35.3 Å². The average molecular weight is 296 g/mol. The predicted octanol–water partition coefficient (Wildman–Crippen LogP) is 3.78. The van der Waals surface area contributed by atoms with Gasteiger partial charge in [-0.05, 0) is 50.5 Å². The number of rotatable bonds is 2. The summed E-state index contributed by atoms with van der Waals surface area (Å²) >= 11 is 0. The molecule has 1 aromatic carbocycles. The van der Waals surface area contributed by atoms with E-state index in [9.17, 15) is 5.26 Å². The maximum Gasteiger partial charge on any atom is 0.161 e. The van der Waals surface area contributed by atoms with Gasteiger partial charge in [0.25, 0.3) is 0 Å². The van der Waals surface area contributed by atoms with Crippen molar-refractivity contribution in [1.82, 2.24) is 4.57 Å². The Morgan fingerprint density at radius 1 is 1.18 bits per heavy atom. The highest BCUT2D eigenvalue weighted by atomic mass is 16.5. The molecule has 22 heavy (non-hydrogen) atoms. The van der Waals surface area contributed by atoms with Crippen molar-refractivity contribution in [3.05, 3.63) is 34.5 Å². The Balaban J connectivity index is 2.37. The molecule has 1 unspecified atom stereocenters. The molecule has 0 saturated carbocycles. The summed E-state index contributed by atoms with van der Waals surface area (Å²) < 4.78 is 13.1. The molecule has 0 amide bonds. The summed E-state index contributed by atoms with van der Waals surface area (Å²) in [5.41, 5.74) is 6.27. The van der Waals surface area contributed by atoms with E-state index in [1.54, 1.807) is 14.2 Å². The molecule has 1 aliphatic rings. The van der Waals surface area contributed by atoms with Gasteiger partial charge in [-0.25, -0.2) is 0 Å². The van der Waals surface area contributed by atoms with Crippen LogP contribution in [-0.2, 0) is 6.42 Å². The lowest BCUT2D eigenvalue weighted by Crippen LogP contribution is -2.17. The number of fused-ring (bicyclic) bond motifs is 3. The maximum atomic E-state index is 9.61. The molecule has 1 aliphatic heterocycles. The van der Waals surface area contributed by atoms with Gasteiger partial charge in [-0.1, -0.05) is 0 Å². The van der Waals surface area contributed by atoms with E-state index in [2.05, 4.69) is 24.5 Å². The number of ether oxygens (including phenoxy) is 2. The van der Waals surface area contributed by atoms with Gasteiger partial charge >= 0.3 is 0 Å². The zero-order valence-electron chi connectivity index (χ0n) is 13.7. The lowest BCUT2D eigenvalue weighted by Gasteiger charge is -2.28. The normalized spacial score (nSPS) is 15.7. The molecule has 1 atom stereocenters. The number of aromatic nitrogens is 1. The third-order valence-corrected chi connectivity index (χ3v) is 4.69. The lowest BCUT2D eigenvalue weighted by atomic mass is 9.92. The van der Waals surface area contributed by atoms with Gasteiger partial charge in [0.15, 0.2) is 11.5 Å². The van der Waals surface area contributed by atoms with E-state index >= 15 is 0 Å². The van der Waals surface area contributed by atoms with Crippen molar-refractivity contribution in [3.63, 3.8) is 0 Å². The quantitative estimate of drug-likeness (QED) is 0.847. The first-order chi connectivity index (χ1) is 10.5. The highest BCUT2D eigenvalue weighted by Crippen LogP contribution is 2.44. The third-order valence-electron chi connectivity index (χ3n) is 4.69. The molecule has 0 saturated heterocycles. The fraction of sp³-hybridized carbons (Fsp3) is 0.389. The summed E-state index contributed by atoms with van der Waals surface area (Å²) in [7, 11) is 3.28. The first-order valence-corrected chi connectivity index (χ1v) is 7.40. The van der Waals surface area contributed by atoms with Crippen LogP contribution in [-0.4, -0.2) is 18.8 Å². The van der Waals surface area contributed by atoms with E-state index in [1.165, 1.54) is 11.3 Å². The van der Waals surface area contributed by atoms with Gasteiger partial charge in [0.1, 0.15) is 6.07 Å². The summed E-state index contributed by atoms with van der Waals surface area (Å²) in [4.78, 5) is 0. The number of benzene rings is 1. The Kier molecular flexibility index (Phi) is 3.37. The van der Waals surface area contributed by atoms with Gasteiger partial charge in [0, 0.05) is 17.3 Å². The maximum absolute atomic E-state index is 9.61. The van der Waals surface area contributed by atoms with Gasteiger partial charge < -0.3 is 14.0 Å². The van der Waals surface area contributed by atoms with Crippen molar-refractivity contribution in [1.29, 1.82) is 5.26 Å². The molecule has 4 nitrogen and oxygen atoms in total. The van der Waals surface area contributed by atoms with E-state index in [-0.39, 0.29) is 0 Å². The molecule has 4 heteroatoms. The molecule has 1 aromatic heterocycles. The second-order valence-corrected chi connectivity index (χ2v) is 5.83. The van der Waals surface area contributed by atoms with Crippen LogP contribution in [0.15, 0.2) is 12.1 Å². The minimum absolute atomic E-state index is 0.321. The van der Waals surface area contributed by atoms with E-state index < -0.39 is 0 Å². The molecule has 2 heterocycles. The average Bonchev–Trinajstić information content (AvgIpc) is 2.78. The van der Waals surface area contributed by atoms with Gasteiger partial charge in [0.2, 0.25) is 0 Å². The largest absolute Gasteiger partial charge is 0.493 e. The van der Waals surface area contributed by atoms with Crippen LogP contribution in [0, 0.1) is 25.2 Å². The van der Waals surface area contributed by atoms with Gasteiger partial charge in [-0.3, -0.25) is 0 Å². The highest BCUT2D eigenvalue weighted by molar-refractivity contribution is 5.77. The SMILES string of the molecule is COc1cc2c(cc1OC)-c1c(C#N)c(C)c(C)n1C(C)C2. The fourth-order valence-corrected chi connectivity index (χ4v) is 3.50. The van der Waals surface area contributed by atoms with Crippen LogP contribution in [0.3, 0.4) is 0 Å². The third kappa shape index (κ3) is 1.82. The number of nitriles is 1. The van der Waals surface area contributed by atoms with Crippen LogP contribution in [0.2, 0.25) is 0 Å². The predicted molar refractivity (Wildman–Crippen MR) is 85.6 cm³/mol. The molecule has 0 aliphatic carbocycles. The number of hydrogen-bond donors (Lipinski definition) is 0. The zero-order chi connectivity index (χ0) is 16.0. The molecule has 2 aromatic rings. The van der Waals surface area contributed by atoms with Gasteiger partial charge in [-0.15, -0.1) is 0 Å². The molecule has 0 N–H and O–H groups in total. The van der Waals surface area contributed by atoms with Crippen LogP contribution >= 0.6 is 0 Å². The van der Waals surface area contributed by atoms with Crippen molar-refractivity contribution >= 4 is 0 Å². The Morgan fingerprint density at radius 3 is 2.41 bits per heavy atom. The molecule has 0 radical (unpaired) electrons. The number of methoxy groups -OCH3 is 2. The zero-order valence-corrected chi connectivity index (χ0v) is 13.7. The second-order valence-electron chi connectivity index (χ2n) is 5.83. The van der Waals surface area contributed by atoms with Crippen molar-refractivity contribution in [2.75, 3.05) is 14.2 Å². The van der Waals surface area contributed by atoms with Crippen molar-refractivity contribution in [3.8, 4) is 28.8 Å². The Hall–Kier alpha value is -2.41.